The number of aromatic nitrogens is 1. The fraction of sp³-hybridized carbons (Fsp3) is 0.500. The minimum Gasteiger partial charge on any atom is -0.374 e. The number of nitrogens with zero attached hydrogens (tertiary/aromatic N) is 3. The monoisotopic (exact) mass is 339 g/mol. The topological polar surface area (TPSA) is 19.4 Å². The number of hydrogen-bond acceptors (Lipinski definition) is 3. The van der Waals surface area contributed by atoms with Gasteiger partial charge in [-0.15, -0.1) is 0 Å². The van der Waals surface area contributed by atoms with Gasteiger partial charge in [-0.05, 0) is 52.1 Å². The maximum atomic E-state index is 12.8. The highest BCUT2D eigenvalue weighted by Crippen LogP contribution is 2.33. The first-order chi connectivity index (χ1) is 11.2. The van der Waals surface area contributed by atoms with Gasteiger partial charge >= 0.3 is 6.18 Å². The highest BCUT2D eigenvalue weighted by Gasteiger charge is 2.30. The van der Waals surface area contributed by atoms with Crippen LogP contribution in [0.2, 0.25) is 0 Å². The third-order valence-corrected chi connectivity index (χ3v) is 4.34. The summed E-state index contributed by atoms with van der Waals surface area (Å²) in [5, 5.41) is 0.741. The molecule has 0 unspecified atom stereocenters. The first-order valence-corrected chi connectivity index (χ1v) is 8.07. The van der Waals surface area contributed by atoms with Crippen LogP contribution >= 0.6 is 0 Å². The van der Waals surface area contributed by atoms with Crippen LogP contribution < -0.4 is 4.90 Å². The number of hydrogen-bond donors (Lipinski definition) is 0. The van der Waals surface area contributed by atoms with E-state index in [1.807, 2.05) is 13.1 Å². The Bertz CT molecular complexity index is 683. The zero-order chi connectivity index (χ0) is 17.9. The van der Waals surface area contributed by atoms with Gasteiger partial charge in [0.2, 0.25) is 0 Å². The van der Waals surface area contributed by atoms with Crippen LogP contribution in [0.15, 0.2) is 30.5 Å². The van der Waals surface area contributed by atoms with Crippen LogP contribution in [0.3, 0.4) is 0 Å². The second-order valence-corrected chi connectivity index (χ2v) is 6.41. The Kier molecular flexibility index (Phi) is 5.70. The molecule has 0 amide bonds. The summed E-state index contributed by atoms with van der Waals surface area (Å²) in [6.45, 7) is 6.11. The molecule has 2 aromatic rings. The third kappa shape index (κ3) is 4.38. The van der Waals surface area contributed by atoms with Crippen molar-refractivity contribution in [2.24, 2.45) is 0 Å². The van der Waals surface area contributed by atoms with E-state index < -0.39 is 11.7 Å². The summed E-state index contributed by atoms with van der Waals surface area (Å²) < 4.78 is 38.5. The van der Waals surface area contributed by atoms with Gasteiger partial charge in [0, 0.05) is 36.9 Å². The Balaban J connectivity index is 2.16. The summed E-state index contributed by atoms with van der Waals surface area (Å²) in [6, 6.07) is 6.09. The van der Waals surface area contributed by atoms with E-state index >= 15 is 0 Å². The summed E-state index contributed by atoms with van der Waals surface area (Å²) in [4.78, 5) is 8.44. The van der Waals surface area contributed by atoms with E-state index in [0.717, 1.165) is 42.7 Å². The van der Waals surface area contributed by atoms with E-state index in [1.165, 1.54) is 6.07 Å². The van der Waals surface area contributed by atoms with Crippen LogP contribution in [0.4, 0.5) is 18.9 Å². The first-order valence-electron chi connectivity index (χ1n) is 8.07. The lowest BCUT2D eigenvalue weighted by atomic mass is 10.1. The highest BCUT2D eigenvalue weighted by molar-refractivity contribution is 5.91. The molecular formula is C18H24F3N3. The molecule has 0 aliphatic heterocycles. The number of rotatable bonds is 6. The lowest BCUT2D eigenvalue weighted by Gasteiger charge is -2.25. The predicted molar refractivity (Wildman–Crippen MR) is 92.4 cm³/mol. The molecule has 6 heteroatoms. The molecule has 0 bridgehead atoms. The van der Waals surface area contributed by atoms with Crippen LogP contribution in [0.5, 0.6) is 0 Å². The van der Waals surface area contributed by atoms with Gasteiger partial charge < -0.3 is 9.80 Å². The standard InChI is InChI=1S/C18H24F3N3/c1-13(2)23(3)10-5-11-24(4)17-8-9-22-16-12-14(18(19,20)21)6-7-15(16)17/h6-9,12-13H,5,10-11H2,1-4H3. The Morgan fingerprint density at radius 3 is 2.42 bits per heavy atom. The van der Waals surface area contributed by atoms with E-state index in [9.17, 15) is 13.2 Å². The molecule has 0 radical (unpaired) electrons. The molecular weight excluding hydrogens is 315 g/mol. The van der Waals surface area contributed by atoms with Crippen molar-refractivity contribution >= 4 is 16.6 Å². The maximum Gasteiger partial charge on any atom is 0.416 e. The number of pyridine rings is 1. The molecule has 0 fully saturated rings. The maximum absolute atomic E-state index is 12.8. The number of halogens is 3. The summed E-state index contributed by atoms with van der Waals surface area (Å²) in [7, 11) is 4.05. The lowest BCUT2D eigenvalue weighted by Crippen LogP contribution is -2.30. The fourth-order valence-electron chi connectivity index (χ4n) is 2.58. The molecule has 0 N–H and O–H groups in total. The minimum absolute atomic E-state index is 0.369. The van der Waals surface area contributed by atoms with Gasteiger partial charge in [-0.3, -0.25) is 4.98 Å². The van der Waals surface area contributed by atoms with Crippen molar-refractivity contribution in [3.8, 4) is 0 Å². The largest absolute Gasteiger partial charge is 0.416 e. The zero-order valence-corrected chi connectivity index (χ0v) is 14.6. The molecule has 0 aliphatic carbocycles. The molecule has 1 aromatic carbocycles. The number of alkyl halides is 3. The van der Waals surface area contributed by atoms with Crippen molar-refractivity contribution < 1.29 is 13.2 Å². The molecule has 0 saturated heterocycles. The van der Waals surface area contributed by atoms with Crippen molar-refractivity contribution in [1.29, 1.82) is 0 Å². The van der Waals surface area contributed by atoms with Crippen molar-refractivity contribution in [1.82, 2.24) is 9.88 Å². The highest BCUT2D eigenvalue weighted by atomic mass is 19.4. The quantitative estimate of drug-likeness (QED) is 0.777. The van der Waals surface area contributed by atoms with Crippen LogP contribution in [-0.2, 0) is 6.18 Å². The Morgan fingerprint density at radius 1 is 1.08 bits per heavy atom. The van der Waals surface area contributed by atoms with Gasteiger partial charge in [-0.1, -0.05) is 6.07 Å². The molecule has 0 aliphatic rings. The third-order valence-electron chi connectivity index (χ3n) is 4.34. The van der Waals surface area contributed by atoms with Crippen LogP contribution in [0, 0.1) is 0 Å². The first kappa shape index (κ1) is 18.5. The van der Waals surface area contributed by atoms with E-state index in [4.69, 9.17) is 0 Å². The molecule has 132 valence electrons. The minimum atomic E-state index is -4.35. The van der Waals surface area contributed by atoms with Crippen molar-refractivity contribution in [3.05, 3.63) is 36.0 Å². The van der Waals surface area contributed by atoms with Crippen molar-refractivity contribution in [3.63, 3.8) is 0 Å². The second kappa shape index (κ2) is 7.38. The Hall–Kier alpha value is -1.82. The Labute approximate surface area is 141 Å². The van der Waals surface area contributed by atoms with E-state index in [1.54, 1.807) is 6.20 Å². The van der Waals surface area contributed by atoms with E-state index in [2.05, 4.69) is 35.7 Å². The average molecular weight is 339 g/mol. The zero-order valence-electron chi connectivity index (χ0n) is 14.6. The molecule has 1 aromatic heterocycles. The summed E-state index contributed by atoms with van der Waals surface area (Å²) in [6.07, 6.45) is -1.80. The molecule has 3 nitrogen and oxygen atoms in total. The van der Waals surface area contributed by atoms with Crippen LogP contribution in [-0.4, -0.2) is 43.1 Å². The molecule has 1 heterocycles. The normalized spacial score (nSPS) is 12.4. The van der Waals surface area contributed by atoms with E-state index in [0.29, 0.717) is 11.6 Å². The van der Waals surface area contributed by atoms with E-state index in [-0.39, 0.29) is 0 Å². The average Bonchev–Trinajstić information content (AvgIpc) is 2.52. The lowest BCUT2D eigenvalue weighted by molar-refractivity contribution is -0.137. The summed E-state index contributed by atoms with van der Waals surface area (Å²) >= 11 is 0. The molecule has 0 saturated carbocycles. The predicted octanol–water partition coefficient (Wildman–Crippen LogP) is 4.42. The Morgan fingerprint density at radius 2 is 1.79 bits per heavy atom. The number of anilines is 1. The SMILES string of the molecule is CC(C)N(C)CCCN(C)c1ccnc2cc(C(F)(F)F)ccc12. The van der Waals surface area contributed by atoms with Gasteiger partial charge in [0.15, 0.2) is 0 Å². The second-order valence-electron chi connectivity index (χ2n) is 6.41. The smallest absolute Gasteiger partial charge is 0.374 e. The van der Waals surface area contributed by atoms with Gasteiger partial charge in [0.1, 0.15) is 0 Å². The molecule has 0 spiro atoms. The molecule has 2 rings (SSSR count). The van der Waals surface area contributed by atoms with Crippen molar-refractivity contribution in [2.45, 2.75) is 32.5 Å². The van der Waals surface area contributed by atoms with Crippen LogP contribution in [0.25, 0.3) is 10.9 Å². The number of benzene rings is 1. The van der Waals surface area contributed by atoms with Gasteiger partial charge in [-0.25, -0.2) is 0 Å². The van der Waals surface area contributed by atoms with Gasteiger partial charge in [0.25, 0.3) is 0 Å². The fourth-order valence-corrected chi connectivity index (χ4v) is 2.58. The number of fused-ring (bicyclic) bond motifs is 1. The van der Waals surface area contributed by atoms with Gasteiger partial charge in [0.05, 0.1) is 11.1 Å². The van der Waals surface area contributed by atoms with Crippen molar-refractivity contribution in [2.75, 3.05) is 32.1 Å². The van der Waals surface area contributed by atoms with Crippen LogP contribution in [0.1, 0.15) is 25.8 Å². The molecule has 0 atom stereocenters. The summed E-state index contributed by atoms with van der Waals surface area (Å²) in [5.41, 5.74) is 0.607. The summed E-state index contributed by atoms with van der Waals surface area (Å²) in [5.74, 6) is 0. The molecule has 24 heavy (non-hydrogen) atoms. The van der Waals surface area contributed by atoms with Gasteiger partial charge in [-0.2, -0.15) is 13.2 Å².